The summed E-state index contributed by atoms with van der Waals surface area (Å²) in [6, 6.07) is 17.6. The predicted octanol–water partition coefficient (Wildman–Crippen LogP) is 6.57. The predicted molar refractivity (Wildman–Crippen MR) is 127 cm³/mol. The minimum Gasteiger partial charge on any atom is -0.269 e. The number of benzene rings is 2. The number of halogens is 1. The van der Waals surface area contributed by atoms with E-state index in [4.69, 9.17) is 16.6 Å². The molecule has 0 bridgehead atoms. The van der Waals surface area contributed by atoms with Crippen LogP contribution in [0.25, 0.3) is 0 Å². The van der Waals surface area contributed by atoms with Crippen molar-refractivity contribution in [3.63, 3.8) is 0 Å². The van der Waals surface area contributed by atoms with Gasteiger partial charge in [-0.05, 0) is 29.7 Å². The summed E-state index contributed by atoms with van der Waals surface area (Å²) in [5, 5.41) is 0. The molecule has 1 fully saturated rings. The Hall–Kier alpha value is -1.69. The van der Waals surface area contributed by atoms with Crippen LogP contribution in [0.15, 0.2) is 69.4 Å². The number of carbonyl (C=O) groups is 1. The Kier molecular flexibility index (Phi) is 5.83. The summed E-state index contributed by atoms with van der Waals surface area (Å²) in [4.78, 5) is 19.6. The topological polar surface area (TPSA) is 32.7 Å². The molecular formula is C23H23ClN2OS2. The fraction of sp³-hybridized carbons (Fsp3) is 0.304. The first kappa shape index (κ1) is 20.6. The van der Waals surface area contributed by atoms with Crippen LogP contribution >= 0.6 is 35.1 Å². The first-order valence-corrected chi connectivity index (χ1v) is 12.2. The fourth-order valence-corrected chi connectivity index (χ4v) is 6.77. The molecule has 0 saturated carbocycles. The Labute approximate surface area is 185 Å². The van der Waals surface area contributed by atoms with E-state index in [-0.39, 0.29) is 11.8 Å². The Balaban J connectivity index is 1.98. The molecule has 0 aromatic heterocycles. The number of carbonyl (C=O) groups excluding carboxylic acids is 1. The molecule has 0 spiro atoms. The highest BCUT2D eigenvalue weighted by Gasteiger charge is 2.57. The van der Waals surface area contributed by atoms with Gasteiger partial charge >= 0.3 is 0 Å². The van der Waals surface area contributed by atoms with Crippen molar-refractivity contribution in [3.05, 3.63) is 70.0 Å². The van der Waals surface area contributed by atoms with E-state index >= 15 is 0 Å². The van der Waals surface area contributed by atoms with Crippen molar-refractivity contribution >= 4 is 58.2 Å². The molecule has 2 heterocycles. The van der Waals surface area contributed by atoms with Gasteiger partial charge in [-0.15, -0.1) is 35.1 Å². The van der Waals surface area contributed by atoms with Gasteiger partial charge in [0.2, 0.25) is 0 Å². The lowest BCUT2D eigenvalue weighted by molar-refractivity contribution is -0.115. The van der Waals surface area contributed by atoms with Crippen molar-refractivity contribution in [3.8, 4) is 0 Å². The monoisotopic (exact) mass is 442 g/mol. The zero-order valence-corrected chi connectivity index (χ0v) is 19.1. The molecule has 29 heavy (non-hydrogen) atoms. The molecular weight excluding hydrogens is 420 g/mol. The van der Waals surface area contributed by atoms with Crippen molar-refractivity contribution in [1.82, 2.24) is 0 Å². The molecule has 2 aromatic rings. The third-order valence-corrected chi connectivity index (χ3v) is 8.26. The molecule has 2 atom stereocenters. The van der Waals surface area contributed by atoms with E-state index in [0.29, 0.717) is 5.84 Å². The van der Waals surface area contributed by atoms with E-state index in [1.807, 2.05) is 54.6 Å². The van der Waals surface area contributed by atoms with E-state index in [1.54, 1.807) is 28.4 Å². The summed E-state index contributed by atoms with van der Waals surface area (Å²) in [6.07, 6.45) is 0. The molecule has 4 rings (SSSR count). The number of amides is 1. The number of hydrogen-bond donors (Lipinski definition) is 0. The maximum Gasteiger partial charge on any atom is 0.261 e. The summed E-state index contributed by atoms with van der Waals surface area (Å²) in [6.45, 7) is 6.29. The van der Waals surface area contributed by atoms with Crippen molar-refractivity contribution in [2.45, 2.75) is 25.6 Å². The van der Waals surface area contributed by atoms with Gasteiger partial charge in [-0.25, -0.2) is 4.99 Å². The highest BCUT2D eigenvalue weighted by molar-refractivity contribution is 8.22. The van der Waals surface area contributed by atoms with Crippen LogP contribution in [-0.4, -0.2) is 23.2 Å². The van der Waals surface area contributed by atoms with Gasteiger partial charge in [0.1, 0.15) is 10.7 Å². The van der Waals surface area contributed by atoms with Gasteiger partial charge in [0.05, 0.1) is 11.4 Å². The Morgan fingerprint density at radius 2 is 1.69 bits per heavy atom. The summed E-state index contributed by atoms with van der Waals surface area (Å²) in [5.74, 6) is 2.21. The third kappa shape index (κ3) is 3.24. The lowest BCUT2D eigenvalue weighted by Gasteiger charge is -2.43. The van der Waals surface area contributed by atoms with Gasteiger partial charge in [-0.3, -0.25) is 9.69 Å². The van der Waals surface area contributed by atoms with E-state index in [9.17, 15) is 4.79 Å². The van der Waals surface area contributed by atoms with Crippen LogP contribution in [0.5, 0.6) is 0 Å². The summed E-state index contributed by atoms with van der Waals surface area (Å²) < 4.78 is 1.07. The Bertz CT molecular complexity index is 997. The minimum atomic E-state index is -0.871. The van der Waals surface area contributed by atoms with Gasteiger partial charge in [0.15, 0.2) is 0 Å². The minimum absolute atomic E-state index is 0.0246. The molecule has 2 aliphatic heterocycles. The van der Waals surface area contributed by atoms with E-state index in [0.717, 1.165) is 38.3 Å². The van der Waals surface area contributed by atoms with Crippen LogP contribution in [-0.2, 0) is 9.67 Å². The highest BCUT2D eigenvalue weighted by Crippen LogP contribution is 2.56. The number of piperidine rings is 1. The summed E-state index contributed by atoms with van der Waals surface area (Å²) >= 11 is 10.9. The van der Waals surface area contributed by atoms with Crippen molar-refractivity contribution in [1.29, 1.82) is 0 Å². The number of nitrogens with zero attached hydrogens (tertiary/aromatic N) is 2. The van der Waals surface area contributed by atoms with Crippen molar-refractivity contribution in [2.24, 2.45) is 10.9 Å². The number of amidine groups is 1. The number of thioether (sulfide) groups is 2. The first-order valence-electron chi connectivity index (χ1n) is 9.80. The molecule has 0 N–H and O–H groups in total. The van der Waals surface area contributed by atoms with Crippen molar-refractivity contribution < 1.29 is 4.79 Å². The number of aliphatic imine (C=N–C) groups is 1. The van der Waals surface area contributed by atoms with Crippen LogP contribution < -0.4 is 4.90 Å². The standard InChI is InChI=1S/C23H23ClN2OS2/c1-4-28-21(29-5-2)19-15(3)23(24)17-13-9-10-14-18(17)25-22(23)26(20(19)27)16-11-7-6-8-12-16/h6-15H,4-5H2,1-3H3. The van der Waals surface area contributed by atoms with Crippen LogP contribution in [0, 0.1) is 5.92 Å². The van der Waals surface area contributed by atoms with E-state index in [1.165, 1.54) is 0 Å². The number of rotatable bonds is 5. The number of hydrogen-bond acceptors (Lipinski definition) is 4. The van der Waals surface area contributed by atoms with Gasteiger partial charge in [0, 0.05) is 21.3 Å². The number of fused-ring (bicyclic) bond motifs is 3. The largest absolute Gasteiger partial charge is 0.269 e. The quantitative estimate of drug-likeness (QED) is 0.388. The molecule has 150 valence electrons. The SMILES string of the molecule is CCSC(SCC)=C1C(=O)N(c2ccccc2)C2=Nc3ccccc3C2(Cl)C1C. The second-order valence-corrected chi connectivity index (χ2v) is 10.3. The second-order valence-electron chi connectivity index (χ2n) is 6.93. The van der Waals surface area contributed by atoms with Gasteiger partial charge < -0.3 is 0 Å². The Morgan fingerprint density at radius 3 is 2.34 bits per heavy atom. The lowest BCUT2D eigenvalue weighted by atomic mass is 9.78. The highest BCUT2D eigenvalue weighted by atomic mass is 35.5. The molecule has 2 aromatic carbocycles. The zero-order valence-electron chi connectivity index (χ0n) is 16.7. The van der Waals surface area contributed by atoms with E-state index < -0.39 is 4.87 Å². The van der Waals surface area contributed by atoms with Crippen molar-refractivity contribution in [2.75, 3.05) is 16.4 Å². The maximum atomic E-state index is 13.9. The molecule has 6 heteroatoms. The van der Waals surface area contributed by atoms with Crippen LogP contribution in [0.1, 0.15) is 26.3 Å². The normalized spacial score (nSPS) is 23.0. The molecule has 0 aliphatic carbocycles. The molecule has 2 aliphatic rings. The van der Waals surface area contributed by atoms with E-state index in [2.05, 4.69) is 20.8 Å². The summed E-state index contributed by atoms with van der Waals surface area (Å²) in [7, 11) is 0. The Morgan fingerprint density at radius 1 is 1.07 bits per heavy atom. The molecule has 1 amide bonds. The molecule has 2 unspecified atom stereocenters. The average molecular weight is 443 g/mol. The van der Waals surface area contributed by atoms with Gasteiger partial charge in [-0.2, -0.15) is 0 Å². The molecule has 1 saturated heterocycles. The molecule has 3 nitrogen and oxygen atoms in total. The average Bonchev–Trinajstić information content (AvgIpc) is 3.03. The fourth-order valence-electron chi connectivity index (χ4n) is 3.98. The second kappa shape index (κ2) is 8.21. The molecule has 0 radical (unpaired) electrons. The van der Waals surface area contributed by atoms with Crippen LogP contribution in [0.3, 0.4) is 0 Å². The summed E-state index contributed by atoms with van der Waals surface area (Å²) in [5.41, 5.74) is 3.39. The van der Waals surface area contributed by atoms with Gasteiger partial charge in [-0.1, -0.05) is 57.2 Å². The zero-order chi connectivity index (χ0) is 20.6. The number of anilines is 1. The lowest BCUT2D eigenvalue weighted by Crippen LogP contribution is -2.55. The van der Waals surface area contributed by atoms with Crippen LogP contribution in [0.2, 0.25) is 0 Å². The number of para-hydroxylation sites is 2. The number of alkyl halides is 1. The first-order chi connectivity index (χ1) is 14.0. The maximum absolute atomic E-state index is 13.9. The van der Waals surface area contributed by atoms with Crippen LogP contribution in [0.4, 0.5) is 11.4 Å². The smallest absolute Gasteiger partial charge is 0.261 e. The van der Waals surface area contributed by atoms with Gasteiger partial charge in [0.25, 0.3) is 5.91 Å². The third-order valence-electron chi connectivity index (χ3n) is 5.31.